The van der Waals surface area contributed by atoms with Crippen LogP contribution in [0.25, 0.3) is 0 Å². The normalized spacial score (nSPS) is 19.9. The zero-order valence-corrected chi connectivity index (χ0v) is 9.61. The fourth-order valence-corrected chi connectivity index (χ4v) is 2.10. The minimum Gasteiger partial charge on any atom is -0.308 e. The first-order chi connectivity index (χ1) is 7.25. The van der Waals surface area contributed by atoms with Gasteiger partial charge in [0.05, 0.1) is 0 Å². The Hall–Kier alpha value is -0.890. The molecule has 1 saturated carbocycles. The summed E-state index contributed by atoms with van der Waals surface area (Å²) in [6.07, 6.45) is 7.93. The molecule has 1 aromatic heterocycles. The Morgan fingerprint density at radius 2 is 2.00 bits per heavy atom. The van der Waals surface area contributed by atoms with Crippen LogP contribution in [0.5, 0.6) is 0 Å². The molecule has 1 aliphatic rings. The molecule has 0 amide bonds. The summed E-state index contributed by atoms with van der Waals surface area (Å²) in [6.45, 7) is 4.51. The van der Waals surface area contributed by atoms with Crippen LogP contribution >= 0.6 is 0 Å². The molecule has 2 atom stereocenters. The summed E-state index contributed by atoms with van der Waals surface area (Å²) >= 11 is 0. The van der Waals surface area contributed by atoms with E-state index in [2.05, 4.69) is 36.3 Å². The lowest BCUT2D eigenvalue weighted by atomic mass is 10.1. The van der Waals surface area contributed by atoms with Gasteiger partial charge in [-0.3, -0.25) is 4.98 Å². The highest BCUT2D eigenvalue weighted by Gasteiger charge is 2.24. The van der Waals surface area contributed by atoms with Crippen molar-refractivity contribution in [1.82, 2.24) is 10.3 Å². The van der Waals surface area contributed by atoms with Gasteiger partial charge in [0.25, 0.3) is 0 Å². The predicted octanol–water partition coefficient (Wildman–Crippen LogP) is 2.92. The van der Waals surface area contributed by atoms with E-state index in [-0.39, 0.29) is 0 Å². The Labute approximate surface area is 92.1 Å². The first-order valence-electron chi connectivity index (χ1n) is 5.91. The van der Waals surface area contributed by atoms with Crippen LogP contribution in [0, 0.1) is 5.92 Å². The van der Waals surface area contributed by atoms with Gasteiger partial charge in [0.1, 0.15) is 0 Å². The van der Waals surface area contributed by atoms with Crippen molar-refractivity contribution in [3.63, 3.8) is 0 Å². The summed E-state index contributed by atoms with van der Waals surface area (Å²) in [5, 5.41) is 3.64. The zero-order valence-electron chi connectivity index (χ0n) is 9.61. The van der Waals surface area contributed by atoms with Gasteiger partial charge in [-0.2, -0.15) is 0 Å². The van der Waals surface area contributed by atoms with Crippen molar-refractivity contribution in [1.29, 1.82) is 0 Å². The second-order valence-electron chi connectivity index (χ2n) is 4.75. The highest BCUT2D eigenvalue weighted by atomic mass is 14.9. The maximum atomic E-state index is 4.04. The molecule has 0 aliphatic heterocycles. The van der Waals surface area contributed by atoms with Crippen LogP contribution < -0.4 is 5.32 Å². The van der Waals surface area contributed by atoms with Gasteiger partial charge in [0.2, 0.25) is 0 Å². The molecule has 1 fully saturated rings. The third-order valence-corrected chi connectivity index (χ3v) is 3.12. The Morgan fingerprint density at radius 3 is 2.60 bits per heavy atom. The molecule has 2 rings (SSSR count). The molecule has 0 saturated heterocycles. The molecule has 2 heteroatoms. The van der Waals surface area contributed by atoms with Crippen molar-refractivity contribution in [3.05, 3.63) is 30.1 Å². The molecule has 1 aromatic rings. The molecule has 1 N–H and O–H groups in total. The average Bonchev–Trinajstić information content (AvgIpc) is 3.03. The van der Waals surface area contributed by atoms with E-state index in [9.17, 15) is 0 Å². The quantitative estimate of drug-likeness (QED) is 0.797. The van der Waals surface area contributed by atoms with Crippen LogP contribution in [-0.2, 0) is 0 Å². The highest BCUT2D eigenvalue weighted by molar-refractivity contribution is 5.14. The highest BCUT2D eigenvalue weighted by Crippen LogP contribution is 2.33. The van der Waals surface area contributed by atoms with Gasteiger partial charge in [0, 0.05) is 24.5 Å². The Kier molecular flexibility index (Phi) is 3.37. The molecule has 15 heavy (non-hydrogen) atoms. The molecule has 0 bridgehead atoms. The van der Waals surface area contributed by atoms with E-state index in [0.29, 0.717) is 12.1 Å². The molecule has 1 unspecified atom stereocenters. The summed E-state index contributed by atoms with van der Waals surface area (Å²) in [6, 6.07) is 5.23. The fourth-order valence-electron chi connectivity index (χ4n) is 2.10. The van der Waals surface area contributed by atoms with Crippen LogP contribution in [0.15, 0.2) is 24.5 Å². The summed E-state index contributed by atoms with van der Waals surface area (Å²) in [5.74, 6) is 0.997. The number of hydrogen-bond acceptors (Lipinski definition) is 2. The van der Waals surface area contributed by atoms with Crippen LogP contribution in [0.3, 0.4) is 0 Å². The van der Waals surface area contributed by atoms with Gasteiger partial charge in [-0.25, -0.2) is 0 Å². The molecule has 0 aromatic carbocycles. The maximum absolute atomic E-state index is 4.04. The standard InChI is InChI=1S/C13H20N2/c1-10(9-12-3-4-12)15-11(2)13-5-7-14-8-6-13/h5-8,10-12,15H,3-4,9H2,1-2H3/t10?,11-/m0/s1. The lowest BCUT2D eigenvalue weighted by molar-refractivity contribution is 0.438. The van der Waals surface area contributed by atoms with E-state index < -0.39 is 0 Å². The molecule has 2 nitrogen and oxygen atoms in total. The molecule has 1 heterocycles. The van der Waals surface area contributed by atoms with E-state index in [1.165, 1.54) is 24.8 Å². The summed E-state index contributed by atoms with van der Waals surface area (Å²) < 4.78 is 0. The number of nitrogens with one attached hydrogen (secondary N) is 1. The van der Waals surface area contributed by atoms with E-state index >= 15 is 0 Å². The number of aromatic nitrogens is 1. The van der Waals surface area contributed by atoms with Gasteiger partial charge in [-0.15, -0.1) is 0 Å². The minimum atomic E-state index is 0.432. The molecule has 0 spiro atoms. The SMILES string of the molecule is CC(CC1CC1)N[C@@H](C)c1ccncc1. The van der Waals surface area contributed by atoms with E-state index in [4.69, 9.17) is 0 Å². The lowest BCUT2D eigenvalue weighted by Gasteiger charge is -2.20. The predicted molar refractivity (Wildman–Crippen MR) is 62.6 cm³/mol. The van der Waals surface area contributed by atoms with Gasteiger partial charge in [0.15, 0.2) is 0 Å². The topological polar surface area (TPSA) is 24.9 Å². The first-order valence-corrected chi connectivity index (χ1v) is 5.91. The summed E-state index contributed by atoms with van der Waals surface area (Å²) in [7, 11) is 0. The van der Waals surface area contributed by atoms with Crippen LogP contribution in [0.1, 0.15) is 44.7 Å². The fraction of sp³-hybridized carbons (Fsp3) is 0.615. The Bertz CT molecular complexity index is 293. The number of nitrogens with zero attached hydrogens (tertiary/aromatic N) is 1. The van der Waals surface area contributed by atoms with Gasteiger partial charge < -0.3 is 5.32 Å². The summed E-state index contributed by atoms with van der Waals surface area (Å²) in [4.78, 5) is 4.04. The van der Waals surface area contributed by atoms with Crippen molar-refractivity contribution in [2.45, 2.75) is 45.2 Å². The van der Waals surface area contributed by atoms with Crippen LogP contribution in [-0.4, -0.2) is 11.0 Å². The maximum Gasteiger partial charge on any atom is 0.0295 e. The number of rotatable bonds is 5. The Balaban J connectivity index is 1.82. The third-order valence-electron chi connectivity index (χ3n) is 3.12. The van der Waals surface area contributed by atoms with Crippen molar-refractivity contribution in [2.24, 2.45) is 5.92 Å². The summed E-state index contributed by atoms with van der Waals surface area (Å²) in [5.41, 5.74) is 1.33. The van der Waals surface area contributed by atoms with E-state index in [1.807, 2.05) is 12.4 Å². The minimum absolute atomic E-state index is 0.432. The van der Waals surface area contributed by atoms with Crippen LogP contribution in [0.4, 0.5) is 0 Å². The van der Waals surface area contributed by atoms with Gasteiger partial charge in [-0.1, -0.05) is 12.8 Å². The van der Waals surface area contributed by atoms with E-state index in [1.54, 1.807) is 0 Å². The smallest absolute Gasteiger partial charge is 0.0295 e. The second-order valence-corrected chi connectivity index (χ2v) is 4.75. The van der Waals surface area contributed by atoms with Gasteiger partial charge in [-0.05, 0) is 43.9 Å². The van der Waals surface area contributed by atoms with Crippen molar-refractivity contribution in [3.8, 4) is 0 Å². The van der Waals surface area contributed by atoms with Crippen molar-refractivity contribution in [2.75, 3.05) is 0 Å². The zero-order chi connectivity index (χ0) is 10.7. The van der Waals surface area contributed by atoms with Crippen molar-refractivity contribution >= 4 is 0 Å². The van der Waals surface area contributed by atoms with Crippen molar-refractivity contribution < 1.29 is 0 Å². The largest absolute Gasteiger partial charge is 0.308 e. The monoisotopic (exact) mass is 204 g/mol. The second kappa shape index (κ2) is 4.75. The molecule has 1 aliphatic carbocycles. The lowest BCUT2D eigenvalue weighted by Crippen LogP contribution is -2.29. The number of hydrogen-bond donors (Lipinski definition) is 1. The molecule has 0 radical (unpaired) electrons. The van der Waals surface area contributed by atoms with Gasteiger partial charge >= 0.3 is 0 Å². The number of pyridine rings is 1. The Morgan fingerprint density at radius 1 is 1.33 bits per heavy atom. The molecular formula is C13H20N2. The third kappa shape index (κ3) is 3.31. The first kappa shape index (κ1) is 10.6. The van der Waals surface area contributed by atoms with E-state index in [0.717, 1.165) is 5.92 Å². The molecular weight excluding hydrogens is 184 g/mol. The molecule has 82 valence electrons. The van der Waals surface area contributed by atoms with Crippen LogP contribution in [0.2, 0.25) is 0 Å². The average molecular weight is 204 g/mol.